The van der Waals surface area contributed by atoms with Gasteiger partial charge in [0, 0.05) is 11.1 Å². The van der Waals surface area contributed by atoms with Crippen molar-refractivity contribution in [2.75, 3.05) is 0 Å². The Kier molecular flexibility index (Phi) is 4.56. The Morgan fingerprint density at radius 1 is 1.16 bits per heavy atom. The van der Waals surface area contributed by atoms with Crippen LogP contribution >= 0.6 is 11.6 Å². The summed E-state index contributed by atoms with van der Waals surface area (Å²) in [6, 6.07) is 14.6. The van der Waals surface area contributed by atoms with Crippen molar-refractivity contribution >= 4 is 11.6 Å². The van der Waals surface area contributed by atoms with Crippen LogP contribution in [-0.4, -0.2) is 0 Å². The van der Waals surface area contributed by atoms with Crippen LogP contribution in [0.25, 0.3) is 0 Å². The quantitative estimate of drug-likeness (QED) is 0.883. The molecule has 0 aliphatic carbocycles. The highest BCUT2D eigenvalue weighted by atomic mass is 35.5. The molecule has 2 rings (SSSR count). The third kappa shape index (κ3) is 3.55. The first kappa shape index (κ1) is 14.0. The highest BCUT2D eigenvalue weighted by molar-refractivity contribution is 6.30. The van der Waals surface area contributed by atoms with Crippen molar-refractivity contribution in [2.45, 2.75) is 19.4 Å². The first-order valence-corrected chi connectivity index (χ1v) is 6.70. The Bertz CT molecular complexity index is 542. The molecule has 2 aromatic rings. The van der Waals surface area contributed by atoms with Gasteiger partial charge in [-0.15, -0.1) is 0 Å². The van der Waals surface area contributed by atoms with E-state index >= 15 is 0 Å². The molecular formula is C16H17ClFN. The number of nitrogens with two attached hydrogens (primary N) is 1. The molecule has 2 unspecified atom stereocenters. The molecule has 0 heterocycles. The summed E-state index contributed by atoms with van der Waals surface area (Å²) in [5.41, 5.74) is 7.95. The minimum Gasteiger partial charge on any atom is -0.324 e. The summed E-state index contributed by atoms with van der Waals surface area (Å²) >= 11 is 5.75. The molecule has 3 heteroatoms. The van der Waals surface area contributed by atoms with E-state index in [9.17, 15) is 4.39 Å². The lowest BCUT2D eigenvalue weighted by Crippen LogP contribution is -2.21. The highest BCUT2D eigenvalue weighted by Crippen LogP contribution is 2.24. The fourth-order valence-electron chi connectivity index (χ4n) is 2.16. The van der Waals surface area contributed by atoms with Crippen LogP contribution in [0.1, 0.15) is 24.1 Å². The third-order valence-electron chi connectivity index (χ3n) is 3.35. The average molecular weight is 278 g/mol. The highest BCUT2D eigenvalue weighted by Gasteiger charge is 2.16. The van der Waals surface area contributed by atoms with E-state index in [0.717, 1.165) is 5.56 Å². The SMILES string of the molecule is CC(Cc1ccc(Cl)cc1F)C(N)c1ccccc1. The molecular weight excluding hydrogens is 261 g/mol. The largest absolute Gasteiger partial charge is 0.324 e. The van der Waals surface area contributed by atoms with Crippen LogP contribution < -0.4 is 5.73 Å². The Balaban J connectivity index is 2.10. The Hall–Kier alpha value is -1.38. The zero-order chi connectivity index (χ0) is 13.8. The minimum atomic E-state index is -0.264. The van der Waals surface area contributed by atoms with Crippen LogP contribution in [0.2, 0.25) is 5.02 Å². The fourth-order valence-corrected chi connectivity index (χ4v) is 2.32. The molecule has 19 heavy (non-hydrogen) atoms. The Labute approximate surface area is 118 Å². The summed E-state index contributed by atoms with van der Waals surface area (Å²) in [6.07, 6.45) is 0.596. The van der Waals surface area contributed by atoms with E-state index in [0.29, 0.717) is 17.0 Å². The number of halogens is 2. The minimum absolute atomic E-state index is 0.101. The molecule has 0 bridgehead atoms. The second kappa shape index (κ2) is 6.18. The lowest BCUT2D eigenvalue weighted by Gasteiger charge is -2.20. The van der Waals surface area contributed by atoms with Gasteiger partial charge in [0.25, 0.3) is 0 Å². The lowest BCUT2D eigenvalue weighted by molar-refractivity contribution is 0.457. The monoisotopic (exact) mass is 277 g/mol. The standard InChI is InChI=1S/C16H17ClFN/c1-11(16(19)12-5-3-2-4-6-12)9-13-7-8-14(17)10-15(13)18/h2-8,10-11,16H,9,19H2,1H3. The summed E-state index contributed by atoms with van der Waals surface area (Å²) in [6.45, 7) is 2.03. The first-order valence-electron chi connectivity index (χ1n) is 6.32. The Morgan fingerprint density at radius 3 is 2.47 bits per heavy atom. The molecule has 0 saturated heterocycles. The van der Waals surface area contributed by atoms with E-state index in [2.05, 4.69) is 0 Å². The lowest BCUT2D eigenvalue weighted by atomic mass is 9.90. The van der Waals surface area contributed by atoms with Crippen LogP contribution in [0.3, 0.4) is 0 Å². The topological polar surface area (TPSA) is 26.0 Å². The van der Waals surface area contributed by atoms with E-state index < -0.39 is 0 Å². The normalized spacial score (nSPS) is 14.1. The predicted molar refractivity (Wildman–Crippen MR) is 77.6 cm³/mol. The third-order valence-corrected chi connectivity index (χ3v) is 3.59. The van der Waals surface area contributed by atoms with Crippen LogP contribution in [0.15, 0.2) is 48.5 Å². The van der Waals surface area contributed by atoms with Crippen molar-refractivity contribution in [1.29, 1.82) is 0 Å². The summed E-state index contributed by atoms with van der Waals surface area (Å²) in [5.74, 6) is -0.113. The van der Waals surface area contributed by atoms with Crippen molar-refractivity contribution in [3.8, 4) is 0 Å². The summed E-state index contributed by atoms with van der Waals surface area (Å²) in [5, 5.41) is 0.418. The summed E-state index contributed by atoms with van der Waals surface area (Å²) in [7, 11) is 0. The van der Waals surface area contributed by atoms with Gasteiger partial charge in [-0.3, -0.25) is 0 Å². The summed E-state index contributed by atoms with van der Waals surface area (Å²) < 4.78 is 13.8. The molecule has 100 valence electrons. The second-order valence-corrected chi connectivity index (χ2v) is 5.29. The fraction of sp³-hybridized carbons (Fsp3) is 0.250. The van der Waals surface area contributed by atoms with Gasteiger partial charge in [0.1, 0.15) is 5.82 Å². The molecule has 2 N–H and O–H groups in total. The molecule has 0 amide bonds. The van der Waals surface area contributed by atoms with Gasteiger partial charge in [-0.05, 0) is 35.6 Å². The molecule has 0 fully saturated rings. The zero-order valence-electron chi connectivity index (χ0n) is 10.8. The van der Waals surface area contributed by atoms with Crippen LogP contribution in [-0.2, 0) is 6.42 Å². The van der Waals surface area contributed by atoms with Gasteiger partial charge in [-0.25, -0.2) is 4.39 Å². The maximum Gasteiger partial charge on any atom is 0.127 e. The first-order chi connectivity index (χ1) is 9.08. The van der Waals surface area contributed by atoms with E-state index in [-0.39, 0.29) is 17.8 Å². The van der Waals surface area contributed by atoms with Gasteiger partial charge in [0.2, 0.25) is 0 Å². The number of hydrogen-bond acceptors (Lipinski definition) is 1. The maximum absolute atomic E-state index is 13.8. The van der Waals surface area contributed by atoms with Gasteiger partial charge < -0.3 is 5.73 Å². The molecule has 0 spiro atoms. The molecule has 0 aliphatic rings. The number of benzene rings is 2. The van der Waals surface area contributed by atoms with Gasteiger partial charge in [0.05, 0.1) is 0 Å². The molecule has 0 saturated carbocycles. The molecule has 0 radical (unpaired) electrons. The van der Waals surface area contributed by atoms with Crippen molar-refractivity contribution in [1.82, 2.24) is 0 Å². The van der Waals surface area contributed by atoms with Gasteiger partial charge in [-0.1, -0.05) is 54.9 Å². The van der Waals surface area contributed by atoms with E-state index in [1.807, 2.05) is 37.3 Å². The van der Waals surface area contributed by atoms with Gasteiger partial charge in [0.15, 0.2) is 0 Å². The van der Waals surface area contributed by atoms with Crippen LogP contribution in [0, 0.1) is 11.7 Å². The molecule has 0 aliphatic heterocycles. The maximum atomic E-state index is 13.8. The molecule has 0 aromatic heterocycles. The average Bonchev–Trinajstić information content (AvgIpc) is 2.42. The van der Waals surface area contributed by atoms with E-state index in [4.69, 9.17) is 17.3 Å². The second-order valence-electron chi connectivity index (χ2n) is 4.85. The van der Waals surface area contributed by atoms with Crippen LogP contribution in [0.5, 0.6) is 0 Å². The smallest absolute Gasteiger partial charge is 0.127 e. The molecule has 2 aromatic carbocycles. The van der Waals surface area contributed by atoms with Crippen molar-refractivity contribution in [2.24, 2.45) is 11.7 Å². The van der Waals surface area contributed by atoms with Crippen molar-refractivity contribution in [3.63, 3.8) is 0 Å². The Morgan fingerprint density at radius 2 is 1.84 bits per heavy atom. The molecule has 2 atom stereocenters. The molecule has 1 nitrogen and oxygen atoms in total. The zero-order valence-corrected chi connectivity index (χ0v) is 11.6. The van der Waals surface area contributed by atoms with E-state index in [1.54, 1.807) is 12.1 Å². The van der Waals surface area contributed by atoms with Crippen LogP contribution in [0.4, 0.5) is 4.39 Å². The predicted octanol–water partition coefficient (Wildman–Crippen LogP) is 4.36. The van der Waals surface area contributed by atoms with Crippen molar-refractivity contribution in [3.05, 3.63) is 70.5 Å². The van der Waals surface area contributed by atoms with E-state index in [1.165, 1.54) is 6.07 Å². The number of rotatable bonds is 4. The van der Waals surface area contributed by atoms with Gasteiger partial charge in [-0.2, -0.15) is 0 Å². The summed E-state index contributed by atoms with van der Waals surface area (Å²) in [4.78, 5) is 0. The van der Waals surface area contributed by atoms with Gasteiger partial charge >= 0.3 is 0 Å². The number of hydrogen-bond donors (Lipinski definition) is 1. The van der Waals surface area contributed by atoms with Crippen molar-refractivity contribution < 1.29 is 4.39 Å².